The van der Waals surface area contributed by atoms with E-state index >= 15 is 0 Å². The average molecular weight is 241 g/mol. The van der Waals surface area contributed by atoms with Gasteiger partial charge in [-0.1, -0.05) is 0 Å². The van der Waals surface area contributed by atoms with Crippen LogP contribution in [0.3, 0.4) is 0 Å². The van der Waals surface area contributed by atoms with Gasteiger partial charge in [-0.05, 0) is 60.9 Å². The van der Waals surface area contributed by atoms with Gasteiger partial charge in [0.25, 0.3) is 0 Å². The summed E-state index contributed by atoms with van der Waals surface area (Å²) in [7, 11) is 0. The summed E-state index contributed by atoms with van der Waals surface area (Å²) in [6.07, 6.45) is 2.17. The topological polar surface area (TPSA) is 29.5 Å². The van der Waals surface area contributed by atoms with E-state index in [4.69, 9.17) is 4.74 Å². The van der Waals surface area contributed by atoms with Gasteiger partial charge in [0.05, 0.1) is 5.41 Å². The van der Waals surface area contributed by atoms with Gasteiger partial charge in [0.1, 0.15) is 6.10 Å². The molecule has 0 aromatic carbocycles. The maximum absolute atomic E-state index is 11.8. The monoisotopic (exact) mass is 241 g/mol. The molecule has 0 aromatic heterocycles. The van der Waals surface area contributed by atoms with Crippen LogP contribution in [0.1, 0.15) is 54.4 Å². The Morgan fingerprint density at radius 2 is 1.76 bits per heavy atom. The molecule has 1 aliphatic rings. The molecule has 0 bridgehead atoms. The van der Waals surface area contributed by atoms with E-state index in [1.54, 1.807) is 0 Å². The molecule has 17 heavy (non-hydrogen) atoms. The Bertz CT molecular complexity index is 273. The van der Waals surface area contributed by atoms with Gasteiger partial charge in [-0.3, -0.25) is 9.69 Å². The third-order valence-electron chi connectivity index (χ3n) is 3.21. The van der Waals surface area contributed by atoms with Gasteiger partial charge in [0, 0.05) is 12.1 Å². The summed E-state index contributed by atoms with van der Waals surface area (Å²) in [5.74, 6) is -0.0849. The van der Waals surface area contributed by atoms with Crippen molar-refractivity contribution < 1.29 is 9.53 Å². The Hall–Kier alpha value is -0.570. The number of esters is 1. The summed E-state index contributed by atoms with van der Waals surface area (Å²) in [6, 6.07) is 0. The number of likely N-dealkylation sites (tertiary alicyclic amines) is 1. The summed E-state index contributed by atoms with van der Waals surface area (Å²) >= 11 is 0. The van der Waals surface area contributed by atoms with Crippen LogP contribution < -0.4 is 0 Å². The lowest BCUT2D eigenvalue weighted by molar-refractivity contribution is -0.162. The zero-order chi connectivity index (χ0) is 13.3. The van der Waals surface area contributed by atoms with Crippen LogP contribution >= 0.6 is 0 Å². The Balaban J connectivity index is 2.54. The van der Waals surface area contributed by atoms with Crippen LogP contribution in [0.5, 0.6) is 0 Å². The van der Waals surface area contributed by atoms with E-state index in [9.17, 15) is 4.79 Å². The van der Waals surface area contributed by atoms with Crippen molar-refractivity contribution in [2.75, 3.05) is 13.1 Å². The maximum Gasteiger partial charge on any atom is 0.311 e. The van der Waals surface area contributed by atoms with Crippen LogP contribution in [0.15, 0.2) is 0 Å². The summed E-state index contributed by atoms with van der Waals surface area (Å²) in [5.41, 5.74) is -0.239. The number of hydrogen-bond donors (Lipinski definition) is 0. The second-order valence-corrected chi connectivity index (χ2v) is 7.04. The van der Waals surface area contributed by atoms with Crippen LogP contribution in [0.4, 0.5) is 0 Å². The van der Waals surface area contributed by atoms with Crippen molar-refractivity contribution in [3.8, 4) is 0 Å². The van der Waals surface area contributed by atoms with Crippen molar-refractivity contribution in [1.82, 2.24) is 4.90 Å². The Morgan fingerprint density at radius 3 is 2.24 bits per heavy atom. The lowest BCUT2D eigenvalue weighted by Gasteiger charge is -2.41. The molecule has 1 aliphatic heterocycles. The molecule has 1 atom stereocenters. The smallest absolute Gasteiger partial charge is 0.311 e. The minimum Gasteiger partial charge on any atom is -0.461 e. The fourth-order valence-electron chi connectivity index (χ4n) is 1.97. The molecule has 0 radical (unpaired) electrons. The van der Waals surface area contributed by atoms with E-state index in [0.717, 1.165) is 25.9 Å². The first-order valence-electron chi connectivity index (χ1n) is 6.57. The molecule has 3 nitrogen and oxygen atoms in total. The first-order valence-corrected chi connectivity index (χ1v) is 6.57. The molecule has 1 heterocycles. The van der Waals surface area contributed by atoms with Gasteiger partial charge >= 0.3 is 5.97 Å². The highest BCUT2D eigenvalue weighted by molar-refractivity contribution is 5.75. The fraction of sp³-hybridized carbons (Fsp3) is 0.929. The lowest BCUT2D eigenvalue weighted by atomic mass is 9.96. The average Bonchev–Trinajstić information content (AvgIpc) is 2.15. The van der Waals surface area contributed by atoms with E-state index in [0.29, 0.717) is 0 Å². The highest BCUT2D eigenvalue weighted by atomic mass is 16.5. The largest absolute Gasteiger partial charge is 0.461 e. The van der Waals surface area contributed by atoms with E-state index in [2.05, 4.69) is 25.7 Å². The molecule has 0 spiro atoms. The summed E-state index contributed by atoms with van der Waals surface area (Å²) in [6.45, 7) is 14.3. The molecule has 1 fully saturated rings. The van der Waals surface area contributed by atoms with Gasteiger partial charge in [0.2, 0.25) is 0 Å². The van der Waals surface area contributed by atoms with E-state index in [1.165, 1.54) is 0 Å². The van der Waals surface area contributed by atoms with Crippen molar-refractivity contribution >= 4 is 5.97 Å². The van der Waals surface area contributed by atoms with Crippen molar-refractivity contribution in [2.45, 2.75) is 66.0 Å². The first kappa shape index (κ1) is 14.5. The van der Waals surface area contributed by atoms with Crippen molar-refractivity contribution in [1.29, 1.82) is 0 Å². The predicted octanol–water partition coefficient (Wildman–Crippen LogP) is 2.84. The molecule has 0 aliphatic carbocycles. The van der Waals surface area contributed by atoms with Crippen molar-refractivity contribution in [3.05, 3.63) is 0 Å². The number of piperidine rings is 1. The standard InChI is InChI=1S/C14H27NO2/c1-13(2,3)12(16)17-11-8-7-9-15(10-11)14(4,5)6/h11H,7-10H2,1-6H3. The molecule has 0 N–H and O–H groups in total. The quantitative estimate of drug-likeness (QED) is 0.661. The minimum absolute atomic E-state index is 0.0645. The number of rotatable bonds is 1. The second-order valence-electron chi connectivity index (χ2n) is 7.04. The number of nitrogens with zero attached hydrogens (tertiary/aromatic N) is 1. The third kappa shape index (κ3) is 4.30. The molecule has 100 valence electrons. The van der Waals surface area contributed by atoms with E-state index < -0.39 is 5.41 Å². The SMILES string of the molecule is CC(C)(C)C(=O)OC1CCCN(C(C)(C)C)C1. The molecule has 0 aromatic rings. The van der Waals surface area contributed by atoms with Crippen LogP contribution in [-0.4, -0.2) is 35.6 Å². The minimum atomic E-state index is -0.399. The van der Waals surface area contributed by atoms with Gasteiger partial charge in [-0.2, -0.15) is 0 Å². The Labute approximate surface area is 106 Å². The molecule has 0 amide bonds. The Kier molecular flexibility index (Phi) is 4.23. The molecular weight excluding hydrogens is 214 g/mol. The highest BCUT2D eigenvalue weighted by Crippen LogP contribution is 2.24. The summed E-state index contributed by atoms with van der Waals surface area (Å²) in [5, 5.41) is 0. The number of hydrogen-bond acceptors (Lipinski definition) is 3. The zero-order valence-corrected chi connectivity index (χ0v) is 12.2. The molecule has 1 rings (SSSR count). The van der Waals surface area contributed by atoms with Crippen LogP contribution in [0.2, 0.25) is 0 Å². The van der Waals surface area contributed by atoms with Crippen LogP contribution in [0.25, 0.3) is 0 Å². The lowest BCUT2D eigenvalue weighted by Crippen LogP contribution is -2.50. The zero-order valence-electron chi connectivity index (χ0n) is 12.2. The fourth-order valence-corrected chi connectivity index (χ4v) is 1.97. The van der Waals surface area contributed by atoms with Crippen molar-refractivity contribution in [3.63, 3.8) is 0 Å². The number of ether oxygens (including phenoxy) is 1. The normalized spacial score (nSPS) is 23.5. The predicted molar refractivity (Wildman–Crippen MR) is 69.9 cm³/mol. The second kappa shape index (κ2) is 4.97. The molecule has 3 heteroatoms. The first-order chi connectivity index (χ1) is 7.60. The van der Waals surface area contributed by atoms with Gasteiger partial charge in [0.15, 0.2) is 0 Å². The third-order valence-corrected chi connectivity index (χ3v) is 3.21. The van der Waals surface area contributed by atoms with Gasteiger partial charge in [-0.25, -0.2) is 0 Å². The Morgan fingerprint density at radius 1 is 1.18 bits per heavy atom. The van der Waals surface area contributed by atoms with Crippen LogP contribution in [0, 0.1) is 5.41 Å². The number of carbonyl (C=O) groups is 1. The molecular formula is C14H27NO2. The van der Waals surface area contributed by atoms with E-state index in [-0.39, 0.29) is 17.6 Å². The van der Waals surface area contributed by atoms with Gasteiger partial charge in [-0.15, -0.1) is 0 Å². The van der Waals surface area contributed by atoms with Crippen molar-refractivity contribution in [2.24, 2.45) is 5.41 Å². The number of carbonyl (C=O) groups excluding carboxylic acids is 1. The maximum atomic E-state index is 11.8. The highest BCUT2D eigenvalue weighted by Gasteiger charge is 2.32. The molecule has 1 unspecified atom stereocenters. The molecule has 1 saturated heterocycles. The van der Waals surface area contributed by atoms with E-state index in [1.807, 2.05) is 20.8 Å². The van der Waals surface area contributed by atoms with Gasteiger partial charge < -0.3 is 4.74 Å². The van der Waals surface area contributed by atoms with Crippen LogP contribution in [-0.2, 0) is 9.53 Å². The summed E-state index contributed by atoms with van der Waals surface area (Å²) in [4.78, 5) is 14.2. The molecule has 0 saturated carbocycles. The summed E-state index contributed by atoms with van der Waals surface area (Å²) < 4.78 is 5.60.